The van der Waals surface area contributed by atoms with Crippen LogP contribution in [0.15, 0.2) is 52.2 Å². The molecule has 0 atom stereocenters. The highest BCUT2D eigenvalue weighted by Crippen LogP contribution is 2.26. The maximum absolute atomic E-state index is 11.0. The summed E-state index contributed by atoms with van der Waals surface area (Å²) in [6.45, 7) is 0.416. The van der Waals surface area contributed by atoms with Crippen molar-refractivity contribution in [2.45, 2.75) is 17.5 Å². The highest BCUT2D eigenvalue weighted by molar-refractivity contribution is 7.98. The number of thioether (sulfide) groups is 1. The number of furan rings is 1. The molecular weight excluding hydrogens is 306 g/mol. The first-order chi connectivity index (χ1) is 10.7. The summed E-state index contributed by atoms with van der Waals surface area (Å²) < 4.78 is 6.86. The topological polar surface area (TPSA) is 99.9 Å². The lowest BCUT2D eigenvalue weighted by Crippen LogP contribution is -2.03. The Bertz CT molecular complexity index is 772. The number of rotatable bonds is 6. The van der Waals surface area contributed by atoms with Gasteiger partial charge in [-0.2, -0.15) is 0 Å². The van der Waals surface area contributed by atoms with Crippen LogP contribution in [0.2, 0.25) is 0 Å². The Kier molecular flexibility index (Phi) is 4.15. The molecule has 0 N–H and O–H groups in total. The third-order valence-electron chi connectivity index (χ3n) is 2.93. The Hall–Kier alpha value is -2.68. The van der Waals surface area contributed by atoms with Crippen LogP contribution in [0.1, 0.15) is 11.3 Å². The number of aromatic nitrogens is 4. The van der Waals surface area contributed by atoms with E-state index in [4.69, 9.17) is 4.42 Å². The summed E-state index contributed by atoms with van der Waals surface area (Å²) >= 11 is 1.34. The summed E-state index contributed by atoms with van der Waals surface area (Å²) in [6.07, 6.45) is 1.58. The molecule has 0 aliphatic carbocycles. The van der Waals surface area contributed by atoms with E-state index in [0.29, 0.717) is 23.0 Å². The number of benzene rings is 1. The van der Waals surface area contributed by atoms with E-state index in [-0.39, 0.29) is 10.6 Å². The average molecular weight is 317 g/mol. The maximum Gasteiger partial charge on any atom is 0.273 e. The summed E-state index contributed by atoms with van der Waals surface area (Å²) in [6, 6.07) is 10.3. The van der Waals surface area contributed by atoms with E-state index >= 15 is 0 Å². The molecule has 0 amide bonds. The van der Waals surface area contributed by atoms with Gasteiger partial charge in [-0.05, 0) is 22.6 Å². The van der Waals surface area contributed by atoms with Crippen molar-refractivity contribution in [1.82, 2.24) is 20.2 Å². The molecule has 0 spiro atoms. The lowest BCUT2D eigenvalue weighted by atomic mass is 10.2. The third-order valence-corrected chi connectivity index (χ3v) is 3.94. The molecule has 9 heteroatoms. The Balaban J connectivity index is 1.73. The molecule has 0 aliphatic heterocycles. The summed E-state index contributed by atoms with van der Waals surface area (Å²) in [5.74, 6) is 1.15. The molecule has 2 aromatic heterocycles. The zero-order chi connectivity index (χ0) is 15.4. The SMILES string of the molecule is O=[N+]([O-])c1ccccc1CSc1nnnn1Cc1ccco1. The van der Waals surface area contributed by atoms with Crippen molar-refractivity contribution in [1.29, 1.82) is 0 Å². The van der Waals surface area contributed by atoms with Crippen molar-refractivity contribution in [3.63, 3.8) is 0 Å². The van der Waals surface area contributed by atoms with E-state index in [2.05, 4.69) is 15.5 Å². The summed E-state index contributed by atoms with van der Waals surface area (Å²) in [5.41, 5.74) is 0.727. The van der Waals surface area contributed by atoms with Crippen LogP contribution in [-0.4, -0.2) is 25.1 Å². The van der Waals surface area contributed by atoms with Crippen LogP contribution in [0.3, 0.4) is 0 Å². The molecule has 8 nitrogen and oxygen atoms in total. The second-order valence-electron chi connectivity index (χ2n) is 4.37. The minimum atomic E-state index is -0.387. The summed E-state index contributed by atoms with van der Waals surface area (Å²) in [5, 5.41) is 23.1. The van der Waals surface area contributed by atoms with E-state index in [0.717, 1.165) is 5.76 Å². The van der Waals surface area contributed by atoms with Crippen LogP contribution < -0.4 is 0 Å². The Labute approximate surface area is 129 Å². The lowest BCUT2D eigenvalue weighted by Gasteiger charge is -2.03. The van der Waals surface area contributed by atoms with Gasteiger partial charge in [0.15, 0.2) is 0 Å². The van der Waals surface area contributed by atoms with E-state index < -0.39 is 0 Å². The molecule has 0 bridgehead atoms. The first-order valence-corrected chi connectivity index (χ1v) is 7.36. The van der Waals surface area contributed by atoms with Crippen molar-refractivity contribution < 1.29 is 9.34 Å². The number of nitro benzene ring substituents is 1. The second-order valence-corrected chi connectivity index (χ2v) is 5.32. The number of nitro groups is 1. The van der Waals surface area contributed by atoms with Crippen molar-refractivity contribution in [3.8, 4) is 0 Å². The molecule has 0 fully saturated rings. The monoisotopic (exact) mass is 317 g/mol. The number of nitrogens with zero attached hydrogens (tertiary/aromatic N) is 5. The number of tetrazole rings is 1. The van der Waals surface area contributed by atoms with Crippen LogP contribution in [0, 0.1) is 10.1 Å². The van der Waals surface area contributed by atoms with Crippen molar-refractivity contribution >= 4 is 17.4 Å². The number of para-hydroxylation sites is 1. The van der Waals surface area contributed by atoms with Gasteiger partial charge < -0.3 is 4.42 Å². The van der Waals surface area contributed by atoms with Gasteiger partial charge in [0.1, 0.15) is 12.3 Å². The number of hydrogen-bond donors (Lipinski definition) is 0. The lowest BCUT2D eigenvalue weighted by molar-refractivity contribution is -0.385. The average Bonchev–Trinajstić information content (AvgIpc) is 3.18. The van der Waals surface area contributed by atoms with Gasteiger partial charge in [-0.25, -0.2) is 4.68 Å². The maximum atomic E-state index is 11.0. The molecule has 0 saturated heterocycles. The molecule has 0 saturated carbocycles. The molecule has 3 aromatic rings. The van der Waals surface area contributed by atoms with Gasteiger partial charge in [0, 0.05) is 17.4 Å². The predicted molar refractivity (Wildman–Crippen MR) is 78.3 cm³/mol. The summed E-state index contributed by atoms with van der Waals surface area (Å²) in [4.78, 5) is 10.6. The second kappa shape index (κ2) is 6.39. The largest absolute Gasteiger partial charge is 0.467 e. The molecule has 0 unspecified atom stereocenters. The fourth-order valence-corrected chi connectivity index (χ4v) is 2.78. The van der Waals surface area contributed by atoms with Gasteiger partial charge in [0.05, 0.1) is 11.2 Å². The molecular formula is C13H11N5O3S. The highest BCUT2D eigenvalue weighted by atomic mass is 32.2. The first kappa shape index (κ1) is 14.3. The normalized spacial score (nSPS) is 10.7. The zero-order valence-electron chi connectivity index (χ0n) is 11.3. The van der Waals surface area contributed by atoms with Crippen LogP contribution in [0.5, 0.6) is 0 Å². The predicted octanol–water partition coefficient (Wildman–Crippen LogP) is 2.51. The van der Waals surface area contributed by atoms with Crippen LogP contribution >= 0.6 is 11.8 Å². The first-order valence-electron chi connectivity index (χ1n) is 6.37. The quantitative estimate of drug-likeness (QED) is 0.391. The smallest absolute Gasteiger partial charge is 0.273 e. The van der Waals surface area contributed by atoms with Crippen molar-refractivity contribution in [3.05, 3.63) is 64.1 Å². The number of hydrogen-bond acceptors (Lipinski definition) is 7. The van der Waals surface area contributed by atoms with Gasteiger partial charge in [-0.3, -0.25) is 10.1 Å². The van der Waals surface area contributed by atoms with Gasteiger partial charge in [-0.15, -0.1) is 5.10 Å². The molecule has 0 aliphatic rings. The summed E-state index contributed by atoms with van der Waals surface area (Å²) in [7, 11) is 0. The molecule has 112 valence electrons. The fourth-order valence-electron chi connectivity index (χ4n) is 1.90. The molecule has 2 heterocycles. The molecule has 0 radical (unpaired) electrons. The Morgan fingerprint density at radius 3 is 2.91 bits per heavy atom. The fraction of sp³-hybridized carbons (Fsp3) is 0.154. The minimum Gasteiger partial charge on any atom is -0.467 e. The van der Waals surface area contributed by atoms with E-state index in [1.165, 1.54) is 17.8 Å². The van der Waals surface area contributed by atoms with E-state index in [1.807, 2.05) is 6.07 Å². The van der Waals surface area contributed by atoms with Crippen LogP contribution in [0.4, 0.5) is 5.69 Å². The Morgan fingerprint density at radius 2 is 2.14 bits per heavy atom. The van der Waals surface area contributed by atoms with Gasteiger partial charge in [0.2, 0.25) is 5.16 Å². The Morgan fingerprint density at radius 1 is 1.27 bits per heavy atom. The van der Waals surface area contributed by atoms with Gasteiger partial charge >= 0.3 is 0 Å². The molecule has 1 aromatic carbocycles. The van der Waals surface area contributed by atoms with Crippen LogP contribution in [0.25, 0.3) is 0 Å². The molecule has 22 heavy (non-hydrogen) atoms. The van der Waals surface area contributed by atoms with Crippen molar-refractivity contribution in [2.24, 2.45) is 0 Å². The van der Waals surface area contributed by atoms with E-state index in [9.17, 15) is 10.1 Å². The van der Waals surface area contributed by atoms with Gasteiger partial charge in [-0.1, -0.05) is 30.0 Å². The zero-order valence-corrected chi connectivity index (χ0v) is 12.1. The molecule has 3 rings (SSSR count). The van der Waals surface area contributed by atoms with Crippen molar-refractivity contribution in [2.75, 3.05) is 0 Å². The standard InChI is InChI=1S/C13H11N5O3S/c19-18(20)12-6-2-1-4-10(12)9-22-13-14-15-16-17(13)8-11-5-3-7-21-11/h1-7H,8-9H2. The van der Waals surface area contributed by atoms with Crippen LogP contribution in [-0.2, 0) is 12.3 Å². The third kappa shape index (κ3) is 3.14. The van der Waals surface area contributed by atoms with Gasteiger partial charge in [0.25, 0.3) is 5.69 Å². The highest BCUT2D eigenvalue weighted by Gasteiger charge is 2.15. The minimum absolute atomic E-state index is 0.0973. The van der Waals surface area contributed by atoms with E-state index in [1.54, 1.807) is 35.2 Å².